The maximum Gasteiger partial charge on any atom is 0.159 e. The van der Waals surface area contributed by atoms with Crippen molar-refractivity contribution in [3.05, 3.63) is 42.0 Å². The molecule has 2 rings (SSSR count). The van der Waals surface area contributed by atoms with E-state index in [-0.39, 0.29) is 6.04 Å². The van der Waals surface area contributed by atoms with Gasteiger partial charge in [0, 0.05) is 41.5 Å². The number of rotatable bonds is 2. The zero-order valence-corrected chi connectivity index (χ0v) is 9.38. The van der Waals surface area contributed by atoms with Gasteiger partial charge in [0.15, 0.2) is 5.82 Å². The zero-order chi connectivity index (χ0) is 11.5. The first kappa shape index (κ1) is 10.7. The van der Waals surface area contributed by atoms with Gasteiger partial charge in [-0.2, -0.15) is 0 Å². The molecule has 0 saturated heterocycles. The summed E-state index contributed by atoms with van der Waals surface area (Å²) < 4.78 is 0. The highest BCUT2D eigenvalue weighted by molar-refractivity contribution is 5.53. The minimum absolute atomic E-state index is 0.0357. The van der Waals surface area contributed by atoms with E-state index in [0.29, 0.717) is 5.82 Å². The Morgan fingerprint density at radius 2 is 1.94 bits per heavy atom. The quantitative estimate of drug-likeness (QED) is 0.828. The van der Waals surface area contributed by atoms with Gasteiger partial charge in [0.2, 0.25) is 0 Å². The smallest absolute Gasteiger partial charge is 0.159 e. The highest BCUT2D eigenvalue weighted by Gasteiger charge is 2.07. The SMILES string of the molecule is Cc1nc(-c2ccncc2)ncc1[C@@H](C)N. The summed E-state index contributed by atoms with van der Waals surface area (Å²) in [7, 11) is 0. The maximum atomic E-state index is 5.81. The molecule has 0 amide bonds. The molecule has 0 saturated carbocycles. The predicted octanol–water partition coefficient (Wildman–Crippen LogP) is 1.87. The van der Waals surface area contributed by atoms with Crippen LogP contribution in [0, 0.1) is 6.92 Å². The minimum atomic E-state index is -0.0357. The summed E-state index contributed by atoms with van der Waals surface area (Å²) in [5, 5.41) is 0. The summed E-state index contributed by atoms with van der Waals surface area (Å²) in [5.41, 5.74) is 8.69. The van der Waals surface area contributed by atoms with Crippen LogP contribution in [0.5, 0.6) is 0 Å². The molecule has 0 aliphatic rings. The Morgan fingerprint density at radius 1 is 1.25 bits per heavy atom. The van der Waals surface area contributed by atoms with Crippen LogP contribution in [0.3, 0.4) is 0 Å². The van der Waals surface area contributed by atoms with E-state index in [0.717, 1.165) is 16.8 Å². The Bertz CT molecular complexity index is 480. The van der Waals surface area contributed by atoms with Crippen LogP contribution in [-0.2, 0) is 0 Å². The van der Waals surface area contributed by atoms with Gasteiger partial charge in [-0.3, -0.25) is 4.98 Å². The molecule has 0 radical (unpaired) electrons. The molecule has 2 aromatic rings. The second-order valence-corrected chi connectivity index (χ2v) is 3.76. The molecule has 16 heavy (non-hydrogen) atoms. The van der Waals surface area contributed by atoms with Gasteiger partial charge >= 0.3 is 0 Å². The van der Waals surface area contributed by atoms with E-state index in [1.807, 2.05) is 26.0 Å². The molecule has 0 unspecified atom stereocenters. The number of aromatic nitrogens is 3. The second kappa shape index (κ2) is 4.37. The number of hydrogen-bond donors (Lipinski definition) is 1. The molecular formula is C12H14N4. The first-order chi connectivity index (χ1) is 7.68. The van der Waals surface area contributed by atoms with Crippen LogP contribution in [0.25, 0.3) is 11.4 Å². The van der Waals surface area contributed by atoms with Gasteiger partial charge in [-0.05, 0) is 26.0 Å². The van der Waals surface area contributed by atoms with Crippen molar-refractivity contribution >= 4 is 0 Å². The molecule has 0 aromatic carbocycles. The minimum Gasteiger partial charge on any atom is -0.324 e. The van der Waals surface area contributed by atoms with Crippen molar-refractivity contribution in [1.29, 1.82) is 0 Å². The largest absolute Gasteiger partial charge is 0.324 e. The predicted molar refractivity (Wildman–Crippen MR) is 62.6 cm³/mol. The summed E-state index contributed by atoms with van der Waals surface area (Å²) >= 11 is 0. The molecule has 4 heteroatoms. The number of hydrogen-bond acceptors (Lipinski definition) is 4. The number of pyridine rings is 1. The maximum absolute atomic E-state index is 5.81. The van der Waals surface area contributed by atoms with E-state index in [9.17, 15) is 0 Å². The van der Waals surface area contributed by atoms with E-state index in [4.69, 9.17) is 5.73 Å². The van der Waals surface area contributed by atoms with Crippen molar-refractivity contribution < 1.29 is 0 Å². The van der Waals surface area contributed by atoms with Gasteiger partial charge in [-0.1, -0.05) is 0 Å². The van der Waals surface area contributed by atoms with Crippen molar-refractivity contribution in [3.8, 4) is 11.4 Å². The standard InChI is InChI=1S/C12H14N4/c1-8(13)11-7-15-12(16-9(11)2)10-3-5-14-6-4-10/h3-8H,13H2,1-2H3/t8-/m1/s1. The molecule has 2 N–H and O–H groups in total. The van der Waals surface area contributed by atoms with Crippen LogP contribution >= 0.6 is 0 Å². The van der Waals surface area contributed by atoms with Crippen LogP contribution < -0.4 is 5.73 Å². The van der Waals surface area contributed by atoms with Gasteiger partial charge in [-0.15, -0.1) is 0 Å². The summed E-state index contributed by atoms with van der Waals surface area (Å²) in [5.74, 6) is 0.712. The average molecular weight is 214 g/mol. The van der Waals surface area contributed by atoms with Crippen molar-refractivity contribution in [2.75, 3.05) is 0 Å². The van der Waals surface area contributed by atoms with Crippen molar-refractivity contribution in [2.45, 2.75) is 19.9 Å². The molecule has 0 spiro atoms. The van der Waals surface area contributed by atoms with Crippen LogP contribution in [0.4, 0.5) is 0 Å². The third-order valence-electron chi connectivity index (χ3n) is 2.45. The Hall–Kier alpha value is -1.81. The lowest BCUT2D eigenvalue weighted by atomic mass is 10.1. The fraction of sp³-hybridized carbons (Fsp3) is 0.250. The highest BCUT2D eigenvalue weighted by Crippen LogP contribution is 2.17. The lowest BCUT2D eigenvalue weighted by Crippen LogP contribution is -2.09. The number of nitrogens with two attached hydrogens (primary N) is 1. The highest BCUT2D eigenvalue weighted by atomic mass is 14.9. The molecule has 82 valence electrons. The first-order valence-electron chi connectivity index (χ1n) is 5.18. The van der Waals surface area contributed by atoms with E-state index < -0.39 is 0 Å². The van der Waals surface area contributed by atoms with E-state index in [1.54, 1.807) is 18.6 Å². The van der Waals surface area contributed by atoms with Gasteiger partial charge in [0.25, 0.3) is 0 Å². The summed E-state index contributed by atoms with van der Waals surface area (Å²) in [6.07, 6.45) is 5.25. The Labute approximate surface area is 94.6 Å². The van der Waals surface area contributed by atoms with Gasteiger partial charge in [-0.25, -0.2) is 9.97 Å². The second-order valence-electron chi connectivity index (χ2n) is 3.76. The number of nitrogens with zero attached hydrogens (tertiary/aromatic N) is 3. The summed E-state index contributed by atoms with van der Waals surface area (Å²) in [6.45, 7) is 3.88. The molecule has 0 aliphatic heterocycles. The monoisotopic (exact) mass is 214 g/mol. The lowest BCUT2D eigenvalue weighted by molar-refractivity contribution is 0.790. The average Bonchev–Trinajstić information content (AvgIpc) is 2.29. The topological polar surface area (TPSA) is 64.7 Å². The summed E-state index contributed by atoms with van der Waals surface area (Å²) in [4.78, 5) is 12.7. The third-order valence-corrected chi connectivity index (χ3v) is 2.45. The van der Waals surface area contributed by atoms with Crippen LogP contribution in [0.15, 0.2) is 30.7 Å². The molecule has 0 bridgehead atoms. The fourth-order valence-corrected chi connectivity index (χ4v) is 1.56. The Balaban J connectivity index is 2.43. The normalized spacial score (nSPS) is 12.4. The molecule has 0 aliphatic carbocycles. The molecule has 2 heterocycles. The lowest BCUT2D eigenvalue weighted by Gasteiger charge is -2.09. The van der Waals surface area contributed by atoms with Crippen molar-refractivity contribution in [2.24, 2.45) is 5.73 Å². The molecule has 2 aromatic heterocycles. The zero-order valence-electron chi connectivity index (χ0n) is 9.38. The van der Waals surface area contributed by atoms with E-state index in [1.165, 1.54) is 0 Å². The molecule has 4 nitrogen and oxygen atoms in total. The van der Waals surface area contributed by atoms with E-state index >= 15 is 0 Å². The van der Waals surface area contributed by atoms with Gasteiger partial charge < -0.3 is 5.73 Å². The van der Waals surface area contributed by atoms with Gasteiger partial charge in [0.05, 0.1) is 0 Å². The summed E-state index contributed by atoms with van der Waals surface area (Å²) in [6, 6.07) is 3.74. The van der Waals surface area contributed by atoms with Crippen LogP contribution in [0.1, 0.15) is 24.2 Å². The Morgan fingerprint density at radius 3 is 2.50 bits per heavy atom. The van der Waals surface area contributed by atoms with Gasteiger partial charge in [0.1, 0.15) is 0 Å². The van der Waals surface area contributed by atoms with Crippen LogP contribution in [0.2, 0.25) is 0 Å². The van der Waals surface area contributed by atoms with Crippen LogP contribution in [-0.4, -0.2) is 15.0 Å². The molecule has 1 atom stereocenters. The molecule has 0 fully saturated rings. The third kappa shape index (κ3) is 2.06. The molecular weight excluding hydrogens is 200 g/mol. The fourth-order valence-electron chi connectivity index (χ4n) is 1.56. The van der Waals surface area contributed by atoms with Crippen molar-refractivity contribution in [3.63, 3.8) is 0 Å². The van der Waals surface area contributed by atoms with Crippen molar-refractivity contribution in [1.82, 2.24) is 15.0 Å². The Kier molecular flexibility index (Phi) is 2.92. The van der Waals surface area contributed by atoms with E-state index in [2.05, 4.69) is 15.0 Å². The number of aryl methyl sites for hydroxylation is 1. The first-order valence-corrected chi connectivity index (χ1v) is 5.18.